The van der Waals surface area contributed by atoms with Crippen LogP contribution in [-0.4, -0.2) is 96.7 Å². The summed E-state index contributed by atoms with van der Waals surface area (Å²) in [7, 11) is -9.93. The number of phosphoric acid groups is 2. The van der Waals surface area contributed by atoms with Crippen LogP contribution in [0.3, 0.4) is 0 Å². The minimum Gasteiger partial charge on any atom is -0.462 e. The van der Waals surface area contributed by atoms with Gasteiger partial charge in [0.25, 0.3) is 0 Å². The summed E-state index contributed by atoms with van der Waals surface area (Å²) < 4.78 is 68.8. The predicted molar refractivity (Wildman–Crippen MR) is 423 cm³/mol. The van der Waals surface area contributed by atoms with Gasteiger partial charge in [0.15, 0.2) is 12.2 Å². The van der Waals surface area contributed by atoms with Crippen LogP contribution in [0.5, 0.6) is 0 Å². The number of phosphoric ester groups is 2. The van der Waals surface area contributed by atoms with Crippen molar-refractivity contribution < 1.29 is 80.2 Å². The van der Waals surface area contributed by atoms with Gasteiger partial charge in [-0.3, -0.25) is 37.3 Å². The fourth-order valence-corrected chi connectivity index (χ4v) is 14.6. The average Bonchev–Trinajstić information content (AvgIpc) is 0.934. The van der Waals surface area contributed by atoms with Gasteiger partial charge >= 0.3 is 39.5 Å². The summed E-state index contributed by atoms with van der Waals surface area (Å²) in [6, 6.07) is 0. The Kier molecular flexibility index (Phi) is 74.1. The van der Waals surface area contributed by atoms with Crippen molar-refractivity contribution in [2.24, 2.45) is 11.8 Å². The summed E-state index contributed by atoms with van der Waals surface area (Å²) in [6.07, 6.45) is 66.7. The van der Waals surface area contributed by atoms with E-state index in [1.165, 1.54) is 263 Å². The van der Waals surface area contributed by atoms with Crippen LogP contribution < -0.4 is 0 Å². The highest BCUT2D eigenvalue weighted by molar-refractivity contribution is 7.47. The first-order valence-electron chi connectivity index (χ1n) is 43.5. The number of ether oxygens (including phenoxy) is 4. The highest BCUT2D eigenvalue weighted by Crippen LogP contribution is 2.45. The van der Waals surface area contributed by atoms with Crippen molar-refractivity contribution in [3.05, 3.63) is 0 Å². The van der Waals surface area contributed by atoms with Gasteiger partial charge in [-0.2, -0.15) is 0 Å². The van der Waals surface area contributed by atoms with Crippen molar-refractivity contribution in [1.82, 2.24) is 0 Å². The number of hydrogen-bond acceptors (Lipinski definition) is 15. The fraction of sp³-hybridized carbons (Fsp3) is 0.952. The second kappa shape index (κ2) is 75.5. The summed E-state index contributed by atoms with van der Waals surface area (Å²) in [5, 5.41) is 10.7. The lowest BCUT2D eigenvalue weighted by atomic mass is 10.0. The molecule has 0 aromatic rings. The Hall–Kier alpha value is -1.94. The van der Waals surface area contributed by atoms with Crippen LogP contribution in [0, 0.1) is 11.8 Å². The van der Waals surface area contributed by atoms with E-state index in [-0.39, 0.29) is 25.7 Å². The van der Waals surface area contributed by atoms with Crippen LogP contribution in [0.15, 0.2) is 0 Å². The molecule has 0 bridgehead atoms. The standard InChI is InChI=1S/C84H164O17P2/c1-7-9-11-13-15-17-19-21-23-25-26-27-28-29-31-33-37-43-50-56-62-68-83(88)100-79(72-94-81(86)66-60-54-48-42-36-32-30-24-22-20-18-16-14-12-10-8-2)74-98-102(90,91)96-70-78(85)71-97-103(92,93)99-75-80(73-95-82(87)67-61-55-49-45-39-41-47-53-59-65-77(5)6)101-84(89)69-63-57-51-44-38-34-35-40-46-52-58-64-76(3)4/h76-80,85H,7-75H2,1-6H3,(H,90,91)(H,92,93)/t78-,79-,80-/m1/s1. The summed E-state index contributed by atoms with van der Waals surface area (Å²) in [5.74, 6) is -0.596. The molecule has 5 atom stereocenters. The van der Waals surface area contributed by atoms with Gasteiger partial charge in [0.2, 0.25) is 0 Å². The van der Waals surface area contributed by atoms with E-state index in [1.54, 1.807) is 0 Å². The molecule has 103 heavy (non-hydrogen) atoms. The van der Waals surface area contributed by atoms with E-state index in [0.29, 0.717) is 25.7 Å². The molecule has 0 saturated carbocycles. The topological polar surface area (TPSA) is 237 Å². The minimum absolute atomic E-state index is 0.106. The van der Waals surface area contributed by atoms with Gasteiger partial charge in [0.05, 0.1) is 26.4 Å². The zero-order chi connectivity index (χ0) is 75.6. The van der Waals surface area contributed by atoms with Gasteiger partial charge in [0.1, 0.15) is 19.3 Å². The first kappa shape index (κ1) is 101. The third-order valence-electron chi connectivity index (χ3n) is 19.7. The van der Waals surface area contributed by atoms with E-state index in [2.05, 4.69) is 41.5 Å². The largest absolute Gasteiger partial charge is 0.472 e. The van der Waals surface area contributed by atoms with Gasteiger partial charge in [-0.1, -0.05) is 395 Å². The molecule has 19 heteroatoms. The zero-order valence-electron chi connectivity index (χ0n) is 67.6. The molecule has 0 radical (unpaired) electrons. The average molecular weight is 1510 g/mol. The van der Waals surface area contributed by atoms with Crippen LogP contribution in [0.4, 0.5) is 0 Å². The van der Waals surface area contributed by atoms with Crippen LogP contribution in [-0.2, 0) is 65.4 Å². The highest BCUT2D eigenvalue weighted by atomic mass is 31.2. The van der Waals surface area contributed by atoms with Crippen molar-refractivity contribution in [2.75, 3.05) is 39.6 Å². The molecule has 0 fully saturated rings. The maximum atomic E-state index is 13.1. The van der Waals surface area contributed by atoms with Crippen LogP contribution in [0.1, 0.15) is 446 Å². The first-order valence-corrected chi connectivity index (χ1v) is 46.5. The lowest BCUT2D eigenvalue weighted by molar-refractivity contribution is -0.161. The molecule has 0 heterocycles. The lowest BCUT2D eigenvalue weighted by Gasteiger charge is -2.21. The zero-order valence-corrected chi connectivity index (χ0v) is 69.4. The van der Waals surface area contributed by atoms with Crippen LogP contribution >= 0.6 is 15.6 Å². The number of hydrogen-bond donors (Lipinski definition) is 3. The molecule has 0 aromatic carbocycles. The Morgan fingerprint density at radius 1 is 0.262 bits per heavy atom. The third-order valence-corrected chi connectivity index (χ3v) is 21.6. The number of rotatable bonds is 83. The Morgan fingerprint density at radius 3 is 0.660 bits per heavy atom. The molecule has 2 unspecified atom stereocenters. The monoisotopic (exact) mass is 1510 g/mol. The van der Waals surface area contributed by atoms with E-state index < -0.39 is 97.5 Å². The van der Waals surface area contributed by atoms with E-state index in [4.69, 9.17) is 37.0 Å². The Morgan fingerprint density at radius 2 is 0.447 bits per heavy atom. The summed E-state index contributed by atoms with van der Waals surface area (Å²) in [5.41, 5.74) is 0. The Balaban J connectivity index is 5.24. The van der Waals surface area contributed by atoms with Gasteiger partial charge in [-0.15, -0.1) is 0 Å². The molecule has 0 rings (SSSR count). The quantitative estimate of drug-likeness (QED) is 0.0222. The van der Waals surface area contributed by atoms with Crippen molar-refractivity contribution in [3.8, 4) is 0 Å². The molecular weight excluding hydrogens is 1340 g/mol. The van der Waals surface area contributed by atoms with Crippen molar-refractivity contribution in [1.29, 1.82) is 0 Å². The van der Waals surface area contributed by atoms with E-state index in [1.807, 2.05) is 0 Å². The fourth-order valence-electron chi connectivity index (χ4n) is 13.1. The first-order chi connectivity index (χ1) is 49.9. The molecule has 0 aliphatic heterocycles. The van der Waals surface area contributed by atoms with Gasteiger partial charge in [-0.25, -0.2) is 9.13 Å². The van der Waals surface area contributed by atoms with E-state index in [9.17, 15) is 43.2 Å². The van der Waals surface area contributed by atoms with Gasteiger partial charge in [0, 0.05) is 25.7 Å². The lowest BCUT2D eigenvalue weighted by Crippen LogP contribution is -2.30. The third kappa shape index (κ3) is 78.0. The molecule has 0 amide bonds. The Bertz CT molecular complexity index is 1980. The number of carbonyl (C=O) groups excluding carboxylic acids is 4. The molecule has 17 nitrogen and oxygen atoms in total. The second-order valence-electron chi connectivity index (χ2n) is 31.2. The molecule has 612 valence electrons. The van der Waals surface area contributed by atoms with E-state index in [0.717, 1.165) is 102 Å². The van der Waals surface area contributed by atoms with Crippen LogP contribution in [0.2, 0.25) is 0 Å². The molecule has 0 aliphatic rings. The number of esters is 4. The van der Waals surface area contributed by atoms with Gasteiger partial charge in [-0.05, 0) is 37.5 Å². The van der Waals surface area contributed by atoms with E-state index >= 15 is 0 Å². The van der Waals surface area contributed by atoms with Crippen molar-refractivity contribution in [2.45, 2.75) is 464 Å². The predicted octanol–water partition coefficient (Wildman–Crippen LogP) is 25.5. The Labute approximate surface area is 632 Å². The number of carbonyl (C=O) groups is 4. The highest BCUT2D eigenvalue weighted by Gasteiger charge is 2.30. The van der Waals surface area contributed by atoms with Crippen molar-refractivity contribution >= 4 is 39.5 Å². The molecule has 0 saturated heterocycles. The molecule has 0 spiro atoms. The summed E-state index contributed by atoms with van der Waals surface area (Å²) in [4.78, 5) is 73.2. The second-order valence-corrected chi connectivity index (χ2v) is 34.1. The maximum Gasteiger partial charge on any atom is 0.472 e. The van der Waals surface area contributed by atoms with Gasteiger partial charge < -0.3 is 33.8 Å². The number of aliphatic hydroxyl groups excluding tert-OH is 1. The van der Waals surface area contributed by atoms with Crippen LogP contribution in [0.25, 0.3) is 0 Å². The maximum absolute atomic E-state index is 13.1. The smallest absolute Gasteiger partial charge is 0.462 e. The summed E-state index contributed by atoms with van der Waals surface area (Å²) >= 11 is 0. The minimum atomic E-state index is -4.96. The summed E-state index contributed by atoms with van der Waals surface area (Å²) in [6.45, 7) is 9.64. The normalized spacial score (nSPS) is 13.9. The number of unbranched alkanes of at least 4 members (excludes halogenated alkanes) is 53. The van der Waals surface area contributed by atoms with Crippen molar-refractivity contribution in [3.63, 3.8) is 0 Å². The number of aliphatic hydroxyl groups is 1. The molecule has 3 N–H and O–H groups in total. The molecule has 0 aromatic heterocycles. The SMILES string of the molecule is CCCCCCCCCCCCCCCCCCCCCCCC(=O)O[C@H](COC(=O)CCCCCCCCCCCCCCCCCC)COP(=O)(O)OC[C@@H](O)COP(=O)(O)OC[C@@H](COC(=O)CCCCCCCCCCCC(C)C)OC(=O)CCCCCCCCCCCCCC(C)C. The molecular formula is C84H164O17P2. The molecule has 0 aliphatic carbocycles.